The van der Waals surface area contributed by atoms with Crippen molar-refractivity contribution in [2.75, 3.05) is 36.9 Å². The number of hydrogen-bond acceptors (Lipinski definition) is 4. The van der Waals surface area contributed by atoms with Gasteiger partial charge in [-0.05, 0) is 66.9 Å². The lowest BCUT2D eigenvalue weighted by molar-refractivity contribution is -0.126. The third-order valence-corrected chi connectivity index (χ3v) is 7.81. The molecular weight excluding hydrogens is 508 g/mol. The fourth-order valence-corrected chi connectivity index (χ4v) is 5.58. The van der Waals surface area contributed by atoms with Crippen LogP contribution in [0.1, 0.15) is 41.7 Å². The number of nitrogens with zero attached hydrogens (tertiary/aromatic N) is 2. The highest BCUT2D eigenvalue weighted by Crippen LogP contribution is 2.30. The zero-order chi connectivity index (χ0) is 28.6. The Morgan fingerprint density at radius 3 is 2.24 bits per heavy atom. The number of anilines is 2. The summed E-state index contributed by atoms with van der Waals surface area (Å²) in [7, 11) is 2.06. The third-order valence-electron chi connectivity index (χ3n) is 7.81. The van der Waals surface area contributed by atoms with Crippen molar-refractivity contribution in [3.05, 3.63) is 120 Å². The molecular formula is C35H38N4O2. The van der Waals surface area contributed by atoms with E-state index in [1.165, 1.54) is 0 Å². The van der Waals surface area contributed by atoms with Gasteiger partial charge >= 0.3 is 0 Å². The molecule has 6 nitrogen and oxygen atoms in total. The van der Waals surface area contributed by atoms with Gasteiger partial charge in [0.05, 0.1) is 0 Å². The van der Waals surface area contributed by atoms with Crippen molar-refractivity contribution in [3.63, 3.8) is 0 Å². The molecule has 210 valence electrons. The van der Waals surface area contributed by atoms with Gasteiger partial charge in [-0.3, -0.25) is 14.5 Å². The first-order valence-corrected chi connectivity index (χ1v) is 14.4. The van der Waals surface area contributed by atoms with Crippen LogP contribution in [0.2, 0.25) is 0 Å². The lowest BCUT2D eigenvalue weighted by atomic mass is 9.99. The molecule has 4 aromatic rings. The number of carbonyl (C=O) groups excluding carboxylic acids is 2. The van der Waals surface area contributed by atoms with Crippen LogP contribution in [-0.2, 0) is 4.79 Å². The number of likely N-dealkylation sites (N-methyl/N-ethyl adjacent to an activating group) is 1. The summed E-state index contributed by atoms with van der Waals surface area (Å²) in [6, 6.07) is 35.6. The van der Waals surface area contributed by atoms with Crippen molar-refractivity contribution in [2.45, 2.75) is 31.8 Å². The van der Waals surface area contributed by atoms with E-state index >= 15 is 0 Å². The predicted octanol–water partition coefficient (Wildman–Crippen LogP) is 6.38. The van der Waals surface area contributed by atoms with E-state index in [9.17, 15) is 9.59 Å². The van der Waals surface area contributed by atoms with E-state index in [4.69, 9.17) is 0 Å². The number of benzene rings is 4. The van der Waals surface area contributed by atoms with E-state index in [0.29, 0.717) is 12.1 Å². The number of hydrogen-bond donors (Lipinski definition) is 2. The van der Waals surface area contributed by atoms with Crippen molar-refractivity contribution < 1.29 is 9.59 Å². The Morgan fingerprint density at radius 2 is 1.54 bits per heavy atom. The van der Waals surface area contributed by atoms with E-state index in [-0.39, 0.29) is 23.9 Å². The normalized spacial score (nSPS) is 15.5. The van der Waals surface area contributed by atoms with Crippen LogP contribution < -0.4 is 15.5 Å². The SMILES string of the molecule is CCCNC(=O)C(c1ccccc1)N(C)C1CCN(c2ccc(NC(=O)c3ccccc3-c3ccccc3)cc2)C1. The Balaban J connectivity index is 1.24. The second-order valence-corrected chi connectivity index (χ2v) is 10.6. The van der Waals surface area contributed by atoms with Crippen molar-refractivity contribution in [2.24, 2.45) is 0 Å². The summed E-state index contributed by atoms with van der Waals surface area (Å²) in [6.07, 6.45) is 1.87. The fraction of sp³-hybridized carbons (Fsp3) is 0.257. The van der Waals surface area contributed by atoms with Crippen molar-refractivity contribution in [1.82, 2.24) is 10.2 Å². The third kappa shape index (κ3) is 6.67. The molecule has 1 aliphatic heterocycles. The van der Waals surface area contributed by atoms with Gasteiger partial charge in [-0.15, -0.1) is 0 Å². The zero-order valence-electron chi connectivity index (χ0n) is 23.8. The van der Waals surface area contributed by atoms with Crippen LogP contribution in [0.3, 0.4) is 0 Å². The first kappa shape index (κ1) is 28.1. The molecule has 5 rings (SSSR count). The summed E-state index contributed by atoms with van der Waals surface area (Å²) in [5, 5.41) is 6.16. The smallest absolute Gasteiger partial charge is 0.256 e. The van der Waals surface area contributed by atoms with Crippen LogP contribution in [0.25, 0.3) is 11.1 Å². The average molecular weight is 547 g/mol. The highest BCUT2D eigenvalue weighted by molar-refractivity contribution is 6.08. The molecule has 0 saturated carbocycles. The fourth-order valence-electron chi connectivity index (χ4n) is 5.58. The maximum Gasteiger partial charge on any atom is 0.256 e. The first-order chi connectivity index (χ1) is 20.0. The van der Waals surface area contributed by atoms with Crippen LogP contribution in [0, 0.1) is 0 Å². The topological polar surface area (TPSA) is 64.7 Å². The van der Waals surface area contributed by atoms with Crippen LogP contribution in [0.15, 0.2) is 109 Å². The van der Waals surface area contributed by atoms with Crippen LogP contribution in [0.5, 0.6) is 0 Å². The molecule has 0 radical (unpaired) electrons. The van der Waals surface area contributed by atoms with E-state index in [0.717, 1.165) is 54.0 Å². The minimum atomic E-state index is -0.330. The van der Waals surface area contributed by atoms with Crippen LogP contribution in [-0.4, -0.2) is 49.4 Å². The quantitative estimate of drug-likeness (QED) is 0.242. The Labute approximate surface area is 243 Å². The molecule has 4 aromatic carbocycles. The molecule has 1 aliphatic rings. The number of rotatable bonds is 10. The monoisotopic (exact) mass is 546 g/mol. The van der Waals surface area contributed by atoms with Gasteiger partial charge in [-0.25, -0.2) is 0 Å². The van der Waals surface area contributed by atoms with Crippen molar-refractivity contribution in [1.29, 1.82) is 0 Å². The summed E-state index contributed by atoms with van der Waals surface area (Å²) in [6.45, 7) is 4.48. The molecule has 0 aliphatic carbocycles. The Morgan fingerprint density at radius 1 is 0.878 bits per heavy atom. The molecule has 41 heavy (non-hydrogen) atoms. The highest BCUT2D eigenvalue weighted by atomic mass is 16.2. The molecule has 2 amide bonds. The molecule has 0 spiro atoms. The van der Waals surface area contributed by atoms with Gasteiger partial charge in [0.15, 0.2) is 0 Å². The highest BCUT2D eigenvalue weighted by Gasteiger charge is 2.34. The molecule has 6 heteroatoms. The van der Waals surface area contributed by atoms with Gasteiger partial charge in [0.25, 0.3) is 5.91 Å². The molecule has 2 atom stereocenters. The predicted molar refractivity (Wildman–Crippen MR) is 167 cm³/mol. The Kier molecular flexibility index (Phi) is 9.12. The first-order valence-electron chi connectivity index (χ1n) is 14.4. The van der Waals surface area contributed by atoms with E-state index in [2.05, 4.69) is 46.5 Å². The van der Waals surface area contributed by atoms with Gasteiger partial charge in [-0.2, -0.15) is 0 Å². The Bertz CT molecular complexity index is 1440. The molecule has 0 bridgehead atoms. The second-order valence-electron chi connectivity index (χ2n) is 10.6. The van der Waals surface area contributed by atoms with Crippen LogP contribution in [0.4, 0.5) is 11.4 Å². The summed E-state index contributed by atoms with van der Waals surface area (Å²) in [5.41, 5.74) is 5.44. The van der Waals surface area contributed by atoms with Crippen molar-refractivity contribution in [3.8, 4) is 11.1 Å². The zero-order valence-corrected chi connectivity index (χ0v) is 23.8. The summed E-state index contributed by atoms with van der Waals surface area (Å²) >= 11 is 0. The summed E-state index contributed by atoms with van der Waals surface area (Å²) in [4.78, 5) is 31.0. The number of carbonyl (C=O) groups is 2. The lowest BCUT2D eigenvalue weighted by Crippen LogP contribution is -2.44. The second kappa shape index (κ2) is 13.3. The minimum Gasteiger partial charge on any atom is -0.370 e. The summed E-state index contributed by atoms with van der Waals surface area (Å²) < 4.78 is 0. The molecule has 1 saturated heterocycles. The van der Waals surface area contributed by atoms with Gasteiger partial charge in [0.1, 0.15) is 6.04 Å². The Hall–Kier alpha value is -4.42. The van der Waals surface area contributed by atoms with Gasteiger partial charge < -0.3 is 15.5 Å². The number of nitrogens with one attached hydrogen (secondary N) is 2. The molecule has 2 unspecified atom stereocenters. The van der Waals surface area contributed by atoms with Gasteiger partial charge in [0, 0.05) is 42.6 Å². The van der Waals surface area contributed by atoms with Gasteiger partial charge in [0.2, 0.25) is 5.91 Å². The molecule has 1 fully saturated rings. The van der Waals surface area contributed by atoms with E-state index < -0.39 is 0 Å². The lowest BCUT2D eigenvalue weighted by Gasteiger charge is -2.32. The summed E-state index contributed by atoms with van der Waals surface area (Å²) in [5.74, 6) is -0.0821. The van der Waals surface area contributed by atoms with Crippen LogP contribution >= 0.6 is 0 Å². The average Bonchev–Trinajstić information content (AvgIpc) is 3.52. The maximum atomic E-state index is 13.2. The molecule has 0 aromatic heterocycles. The molecule has 1 heterocycles. The van der Waals surface area contributed by atoms with E-state index in [1.807, 2.05) is 97.1 Å². The van der Waals surface area contributed by atoms with Crippen molar-refractivity contribution >= 4 is 23.2 Å². The molecule has 2 N–H and O–H groups in total. The maximum absolute atomic E-state index is 13.2. The standard InChI is InChI=1S/C35H38N4O2/c1-3-23-36-35(41)33(27-14-8-5-9-15-27)38(2)30-22-24-39(25-30)29-20-18-28(19-21-29)37-34(40)32-17-11-10-16-31(32)26-12-6-4-7-13-26/h4-21,30,33H,3,22-25H2,1-2H3,(H,36,41)(H,37,40). The van der Waals surface area contributed by atoms with Gasteiger partial charge in [-0.1, -0.05) is 85.8 Å². The van der Waals surface area contributed by atoms with E-state index in [1.54, 1.807) is 0 Å². The minimum absolute atomic E-state index is 0.0490. The number of amides is 2. The largest absolute Gasteiger partial charge is 0.370 e.